The molecule has 1 aromatic carbocycles. The summed E-state index contributed by atoms with van der Waals surface area (Å²) in [7, 11) is 0. The van der Waals surface area contributed by atoms with Gasteiger partial charge >= 0.3 is 0 Å². The minimum atomic E-state index is -0.662. The lowest BCUT2D eigenvalue weighted by molar-refractivity contribution is -0.124. The summed E-state index contributed by atoms with van der Waals surface area (Å²) in [5.74, 6) is -0.0508. The lowest BCUT2D eigenvalue weighted by Crippen LogP contribution is -2.50. The molecule has 0 unspecified atom stereocenters. The van der Waals surface area contributed by atoms with Crippen LogP contribution in [0.3, 0.4) is 0 Å². The topological polar surface area (TPSA) is 85.2 Å². The van der Waals surface area contributed by atoms with Crippen molar-refractivity contribution in [2.24, 2.45) is 5.92 Å². The van der Waals surface area contributed by atoms with Crippen molar-refractivity contribution in [3.63, 3.8) is 0 Å². The molecule has 1 aliphatic carbocycles. The van der Waals surface area contributed by atoms with E-state index in [1.807, 2.05) is 30.3 Å². The van der Waals surface area contributed by atoms with E-state index < -0.39 is 5.54 Å². The Labute approximate surface area is 154 Å². The number of anilines is 1. The number of piperidine rings is 1. The fourth-order valence-corrected chi connectivity index (χ4v) is 3.87. The zero-order valence-electron chi connectivity index (χ0n) is 15.0. The minimum Gasteiger partial charge on any atom is -0.337 e. The van der Waals surface area contributed by atoms with Gasteiger partial charge in [-0.25, -0.2) is 0 Å². The molecule has 0 atom stereocenters. The van der Waals surface area contributed by atoms with E-state index >= 15 is 0 Å². The second kappa shape index (κ2) is 8.33. The number of benzene rings is 1. The minimum absolute atomic E-state index is 0.0187. The number of nitriles is 1. The summed E-state index contributed by atoms with van der Waals surface area (Å²) in [6, 6.07) is 11.8. The summed E-state index contributed by atoms with van der Waals surface area (Å²) in [5, 5.41) is 15.3. The molecule has 1 saturated carbocycles. The number of carbonyl (C=O) groups is 2. The van der Waals surface area contributed by atoms with Gasteiger partial charge in [0.15, 0.2) is 0 Å². The summed E-state index contributed by atoms with van der Waals surface area (Å²) in [4.78, 5) is 26.7. The molecule has 1 aromatic rings. The van der Waals surface area contributed by atoms with Gasteiger partial charge in [-0.2, -0.15) is 5.26 Å². The summed E-state index contributed by atoms with van der Waals surface area (Å²) in [6.07, 6.45) is 4.98. The van der Waals surface area contributed by atoms with Crippen LogP contribution in [0.4, 0.5) is 5.69 Å². The number of amides is 2. The largest absolute Gasteiger partial charge is 0.337 e. The molecule has 26 heavy (non-hydrogen) atoms. The molecule has 0 spiro atoms. The first kappa shape index (κ1) is 18.4. The van der Waals surface area contributed by atoms with Gasteiger partial charge < -0.3 is 10.6 Å². The number of likely N-dealkylation sites (tertiary alicyclic amines) is 1. The molecule has 1 heterocycles. The van der Waals surface area contributed by atoms with Crippen molar-refractivity contribution in [3.05, 3.63) is 30.3 Å². The zero-order chi connectivity index (χ0) is 18.4. The summed E-state index contributed by atoms with van der Waals surface area (Å²) < 4.78 is 0. The number of nitrogens with zero attached hydrogens (tertiary/aromatic N) is 2. The Morgan fingerprint density at radius 3 is 2.42 bits per heavy atom. The number of hydrogen-bond donors (Lipinski definition) is 2. The first-order valence-corrected chi connectivity index (χ1v) is 9.41. The molecule has 1 aliphatic heterocycles. The highest BCUT2D eigenvalue weighted by molar-refractivity contribution is 5.92. The zero-order valence-corrected chi connectivity index (χ0v) is 15.0. The van der Waals surface area contributed by atoms with Gasteiger partial charge in [0.05, 0.1) is 12.6 Å². The molecule has 0 aromatic heterocycles. The third-order valence-electron chi connectivity index (χ3n) is 5.42. The van der Waals surface area contributed by atoms with Gasteiger partial charge in [0.1, 0.15) is 5.54 Å². The average Bonchev–Trinajstić information content (AvgIpc) is 3.12. The lowest BCUT2D eigenvalue weighted by atomic mass is 9.95. The quantitative estimate of drug-likeness (QED) is 0.849. The highest BCUT2D eigenvalue weighted by Gasteiger charge is 2.36. The van der Waals surface area contributed by atoms with Gasteiger partial charge in [0.25, 0.3) is 0 Å². The van der Waals surface area contributed by atoms with Crippen molar-refractivity contribution >= 4 is 17.5 Å². The molecule has 2 aliphatic rings. The van der Waals surface area contributed by atoms with Crippen molar-refractivity contribution in [3.8, 4) is 6.07 Å². The summed E-state index contributed by atoms with van der Waals surface area (Å²) in [5.41, 5.74) is 0.156. The molecule has 0 bridgehead atoms. The van der Waals surface area contributed by atoms with Crippen LogP contribution in [-0.2, 0) is 9.59 Å². The molecule has 3 rings (SSSR count). The van der Waals surface area contributed by atoms with Crippen LogP contribution >= 0.6 is 0 Å². The highest BCUT2D eigenvalue weighted by atomic mass is 16.2. The SMILES string of the molecule is N#CC1(NC(=O)CN2CCC(C(=O)Nc3ccccc3)CC2)CCCC1. The van der Waals surface area contributed by atoms with Crippen LogP contribution in [-0.4, -0.2) is 41.9 Å². The van der Waals surface area contributed by atoms with Crippen molar-refractivity contribution in [2.75, 3.05) is 25.0 Å². The van der Waals surface area contributed by atoms with Crippen LogP contribution in [0.25, 0.3) is 0 Å². The van der Waals surface area contributed by atoms with E-state index in [-0.39, 0.29) is 17.7 Å². The molecular weight excluding hydrogens is 328 g/mol. The highest BCUT2D eigenvalue weighted by Crippen LogP contribution is 2.29. The molecule has 138 valence electrons. The number of carbonyl (C=O) groups excluding carboxylic acids is 2. The third-order valence-corrected chi connectivity index (χ3v) is 5.42. The van der Waals surface area contributed by atoms with Crippen molar-refractivity contribution in [2.45, 2.75) is 44.1 Å². The Morgan fingerprint density at radius 1 is 1.15 bits per heavy atom. The van der Waals surface area contributed by atoms with Gasteiger partial charge in [0, 0.05) is 11.6 Å². The molecule has 2 N–H and O–H groups in total. The van der Waals surface area contributed by atoms with Crippen molar-refractivity contribution in [1.29, 1.82) is 5.26 Å². The summed E-state index contributed by atoms with van der Waals surface area (Å²) in [6.45, 7) is 1.75. The fourth-order valence-electron chi connectivity index (χ4n) is 3.87. The number of hydrogen-bond acceptors (Lipinski definition) is 4. The van der Waals surface area contributed by atoms with Crippen molar-refractivity contribution < 1.29 is 9.59 Å². The van der Waals surface area contributed by atoms with Crippen LogP contribution < -0.4 is 10.6 Å². The Bertz CT molecular complexity index is 669. The standard InChI is InChI=1S/C20H26N4O2/c21-15-20(10-4-5-11-20)23-18(25)14-24-12-8-16(9-13-24)19(26)22-17-6-2-1-3-7-17/h1-3,6-7,16H,4-5,8-14H2,(H,22,26)(H,23,25). The van der Waals surface area contributed by atoms with Crippen LogP contribution in [0.15, 0.2) is 30.3 Å². The fraction of sp³-hybridized carbons (Fsp3) is 0.550. The van der Waals surface area contributed by atoms with E-state index in [0.717, 1.165) is 57.3 Å². The Morgan fingerprint density at radius 2 is 1.81 bits per heavy atom. The van der Waals surface area contributed by atoms with E-state index in [0.29, 0.717) is 6.54 Å². The monoisotopic (exact) mass is 354 g/mol. The van der Waals surface area contributed by atoms with Crippen LogP contribution in [0.1, 0.15) is 38.5 Å². The maximum Gasteiger partial charge on any atom is 0.235 e. The Hall–Kier alpha value is -2.39. The van der Waals surface area contributed by atoms with E-state index in [4.69, 9.17) is 0 Å². The average molecular weight is 354 g/mol. The van der Waals surface area contributed by atoms with Gasteiger partial charge in [-0.1, -0.05) is 18.2 Å². The first-order valence-electron chi connectivity index (χ1n) is 9.41. The maximum absolute atomic E-state index is 12.4. The van der Waals surface area contributed by atoms with Gasteiger partial charge in [-0.3, -0.25) is 14.5 Å². The molecule has 1 saturated heterocycles. The number of nitrogens with one attached hydrogen (secondary N) is 2. The van der Waals surface area contributed by atoms with E-state index in [2.05, 4.69) is 21.6 Å². The predicted molar refractivity (Wildman–Crippen MR) is 99.2 cm³/mol. The third kappa shape index (κ3) is 4.61. The second-order valence-corrected chi connectivity index (χ2v) is 7.35. The van der Waals surface area contributed by atoms with E-state index in [9.17, 15) is 14.9 Å². The molecule has 0 radical (unpaired) electrons. The van der Waals surface area contributed by atoms with Gasteiger partial charge in [-0.05, 0) is 63.7 Å². The smallest absolute Gasteiger partial charge is 0.235 e. The van der Waals surface area contributed by atoms with Crippen LogP contribution in [0.2, 0.25) is 0 Å². The maximum atomic E-state index is 12.4. The van der Waals surface area contributed by atoms with Gasteiger partial charge in [-0.15, -0.1) is 0 Å². The van der Waals surface area contributed by atoms with Crippen molar-refractivity contribution in [1.82, 2.24) is 10.2 Å². The first-order chi connectivity index (χ1) is 12.6. The van der Waals surface area contributed by atoms with E-state index in [1.165, 1.54) is 0 Å². The molecule has 6 heteroatoms. The Kier molecular flexibility index (Phi) is 5.89. The van der Waals surface area contributed by atoms with Crippen LogP contribution in [0, 0.1) is 17.2 Å². The molecule has 2 amide bonds. The van der Waals surface area contributed by atoms with E-state index in [1.54, 1.807) is 0 Å². The molecular formula is C20H26N4O2. The molecule has 2 fully saturated rings. The summed E-state index contributed by atoms with van der Waals surface area (Å²) >= 11 is 0. The lowest BCUT2D eigenvalue weighted by Gasteiger charge is -2.31. The Balaban J connectivity index is 1.43. The second-order valence-electron chi connectivity index (χ2n) is 7.35. The normalized spacial score (nSPS) is 20.3. The molecule has 6 nitrogen and oxygen atoms in total. The van der Waals surface area contributed by atoms with Crippen LogP contribution in [0.5, 0.6) is 0 Å². The number of para-hydroxylation sites is 1. The number of rotatable bonds is 5. The predicted octanol–water partition coefficient (Wildman–Crippen LogP) is 2.29. The van der Waals surface area contributed by atoms with Gasteiger partial charge in [0.2, 0.25) is 11.8 Å².